The fourth-order valence-electron chi connectivity index (χ4n) is 1.82. The zero-order valence-corrected chi connectivity index (χ0v) is 14.5. The van der Waals surface area contributed by atoms with Gasteiger partial charge in [0.1, 0.15) is 0 Å². The molecule has 7 heteroatoms. The molecule has 0 amide bonds. The lowest BCUT2D eigenvalue weighted by molar-refractivity contribution is 0.594. The van der Waals surface area contributed by atoms with Crippen LogP contribution < -0.4 is 0 Å². The molecule has 2 nitrogen and oxygen atoms in total. The molecule has 0 heterocycles. The fraction of sp³-hybridized carbons (Fsp3) is 0.143. The molecule has 0 bridgehead atoms. The van der Waals surface area contributed by atoms with Gasteiger partial charge in [-0.15, -0.1) is 0 Å². The molecule has 0 unspecified atom stereocenters. The maximum absolute atomic E-state index is 12.3. The van der Waals surface area contributed by atoms with Crippen LogP contribution in [0.1, 0.15) is 11.1 Å². The van der Waals surface area contributed by atoms with E-state index in [-0.39, 0.29) is 11.5 Å². The van der Waals surface area contributed by atoms with E-state index in [0.717, 1.165) is 0 Å². The van der Waals surface area contributed by atoms with E-state index in [9.17, 15) is 8.42 Å². The molecule has 2 rings (SSSR count). The summed E-state index contributed by atoms with van der Waals surface area (Å²) in [6.07, 6.45) is 0. The van der Waals surface area contributed by atoms with Gasteiger partial charge >= 0.3 is 0 Å². The Balaban J connectivity index is 2.27. The molecule has 0 aliphatic rings. The van der Waals surface area contributed by atoms with Gasteiger partial charge in [0.25, 0.3) is 0 Å². The highest BCUT2D eigenvalue weighted by molar-refractivity contribution is 7.89. The van der Waals surface area contributed by atoms with Crippen molar-refractivity contribution < 1.29 is 8.42 Å². The molecule has 0 N–H and O–H groups in total. The maximum Gasteiger partial charge on any atom is 0.158 e. The first-order valence-corrected chi connectivity index (χ1v) is 9.19. The van der Waals surface area contributed by atoms with E-state index in [1.165, 1.54) is 6.07 Å². The van der Waals surface area contributed by atoms with Crippen molar-refractivity contribution in [3.63, 3.8) is 0 Å². The summed E-state index contributed by atoms with van der Waals surface area (Å²) in [7, 11) is -3.46. The zero-order chi connectivity index (χ0) is 15.6. The Morgan fingerprint density at radius 2 is 1.43 bits per heavy atom. The normalized spacial score (nSPS) is 11.6. The van der Waals surface area contributed by atoms with Crippen molar-refractivity contribution in [3.8, 4) is 0 Å². The zero-order valence-electron chi connectivity index (χ0n) is 10.6. The van der Waals surface area contributed by atoms with Crippen LogP contribution in [-0.4, -0.2) is 8.42 Å². The third kappa shape index (κ3) is 4.51. The van der Waals surface area contributed by atoms with Crippen LogP contribution in [0.2, 0.25) is 20.1 Å². The second-order valence-corrected chi connectivity index (χ2v) is 8.19. The minimum Gasteiger partial charge on any atom is -0.228 e. The number of halogens is 4. The molecule has 0 aliphatic carbocycles. The predicted molar refractivity (Wildman–Crippen MR) is 89.3 cm³/mol. The lowest BCUT2D eigenvalue weighted by atomic mass is 10.2. The van der Waals surface area contributed by atoms with E-state index in [1.807, 2.05) is 0 Å². The van der Waals surface area contributed by atoms with Gasteiger partial charge in [-0.05, 0) is 29.8 Å². The highest BCUT2D eigenvalue weighted by Gasteiger charge is 2.18. The highest BCUT2D eigenvalue weighted by Crippen LogP contribution is 2.29. The lowest BCUT2D eigenvalue weighted by Crippen LogP contribution is -2.09. The number of rotatable bonds is 4. The van der Waals surface area contributed by atoms with Gasteiger partial charge in [0.05, 0.1) is 11.5 Å². The van der Waals surface area contributed by atoms with Gasteiger partial charge in [0.2, 0.25) is 0 Å². The van der Waals surface area contributed by atoms with Gasteiger partial charge in [0.15, 0.2) is 9.84 Å². The quantitative estimate of drug-likeness (QED) is 0.706. The minimum atomic E-state index is -3.46. The van der Waals surface area contributed by atoms with Crippen LogP contribution in [0.4, 0.5) is 0 Å². The standard InChI is InChI=1S/C14H10Cl4O2S/c15-10-5-4-9(14(18)6-10)7-21(19,20)8-11-12(16)2-1-3-13(11)17/h1-6H,7-8H2. The predicted octanol–water partition coefficient (Wildman–Crippen LogP) is 5.42. The number of hydrogen-bond acceptors (Lipinski definition) is 2. The third-order valence-corrected chi connectivity index (χ3v) is 5.59. The maximum atomic E-state index is 12.3. The molecule has 0 saturated carbocycles. The summed E-state index contributed by atoms with van der Waals surface area (Å²) in [5.41, 5.74) is 0.884. The van der Waals surface area contributed by atoms with Crippen molar-refractivity contribution in [2.75, 3.05) is 0 Å². The topological polar surface area (TPSA) is 34.1 Å². The first-order chi connectivity index (χ1) is 9.78. The molecule has 2 aromatic carbocycles. The van der Waals surface area contributed by atoms with Crippen LogP contribution in [0.25, 0.3) is 0 Å². The van der Waals surface area contributed by atoms with Crippen molar-refractivity contribution in [2.45, 2.75) is 11.5 Å². The Bertz CT molecular complexity index is 752. The molecular weight excluding hydrogens is 374 g/mol. The molecule has 21 heavy (non-hydrogen) atoms. The van der Waals surface area contributed by atoms with Crippen LogP contribution in [0.5, 0.6) is 0 Å². The molecule has 0 aliphatic heterocycles. The average Bonchev–Trinajstić information content (AvgIpc) is 2.37. The SMILES string of the molecule is O=S(=O)(Cc1ccc(Cl)cc1Cl)Cc1c(Cl)cccc1Cl. The summed E-state index contributed by atoms with van der Waals surface area (Å²) in [5.74, 6) is -0.449. The first kappa shape index (κ1) is 16.9. The Hall–Kier alpha value is -0.450. The third-order valence-electron chi connectivity index (χ3n) is 2.82. The van der Waals surface area contributed by atoms with Crippen LogP contribution >= 0.6 is 46.4 Å². The van der Waals surface area contributed by atoms with Crippen molar-refractivity contribution in [1.82, 2.24) is 0 Å². The Morgan fingerprint density at radius 1 is 0.810 bits per heavy atom. The largest absolute Gasteiger partial charge is 0.228 e. The Kier molecular flexibility index (Phi) is 5.44. The van der Waals surface area contributed by atoms with Crippen LogP contribution in [-0.2, 0) is 21.3 Å². The van der Waals surface area contributed by atoms with E-state index in [0.29, 0.717) is 31.2 Å². The molecule has 2 aromatic rings. The van der Waals surface area contributed by atoms with Gasteiger partial charge < -0.3 is 0 Å². The fourth-order valence-corrected chi connectivity index (χ4v) is 4.64. The van der Waals surface area contributed by atoms with E-state index in [2.05, 4.69) is 0 Å². The second-order valence-electron chi connectivity index (χ2n) is 4.47. The summed E-state index contributed by atoms with van der Waals surface area (Å²) < 4.78 is 24.6. The van der Waals surface area contributed by atoms with Gasteiger partial charge in [-0.2, -0.15) is 0 Å². The molecular formula is C14H10Cl4O2S. The summed E-state index contributed by atoms with van der Waals surface area (Å²) in [6.45, 7) is 0. The van der Waals surface area contributed by atoms with E-state index < -0.39 is 9.84 Å². The van der Waals surface area contributed by atoms with Gasteiger partial charge in [-0.25, -0.2) is 8.42 Å². The van der Waals surface area contributed by atoms with Crippen molar-refractivity contribution in [1.29, 1.82) is 0 Å². The summed E-state index contributed by atoms with van der Waals surface area (Å²) in [6, 6.07) is 9.57. The van der Waals surface area contributed by atoms with E-state index in [4.69, 9.17) is 46.4 Å². The van der Waals surface area contributed by atoms with Gasteiger partial charge in [0, 0.05) is 25.7 Å². The van der Waals surface area contributed by atoms with Crippen molar-refractivity contribution in [2.24, 2.45) is 0 Å². The smallest absolute Gasteiger partial charge is 0.158 e. The minimum absolute atomic E-state index is 0.204. The monoisotopic (exact) mass is 382 g/mol. The number of benzene rings is 2. The van der Waals surface area contributed by atoms with E-state index in [1.54, 1.807) is 30.3 Å². The van der Waals surface area contributed by atoms with E-state index >= 15 is 0 Å². The van der Waals surface area contributed by atoms with Crippen molar-refractivity contribution in [3.05, 3.63) is 67.6 Å². The van der Waals surface area contributed by atoms with Crippen LogP contribution in [0.15, 0.2) is 36.4 Å². The highest BCUT2D eigenvalue weighted by atomic mass is 35.5. The molecule has 0 radical (unpaired) electrons. The second kappa shape index (κ2) is 6.76. The molecule has 0 spiro atoms. The van der Waals surface area contributed by atoms with Gasteiger partial charge in [-0.3, -0.25) is 0 Å². The molecule has 0 saturated heterocycles. The van der Waals surface area contributed by atoms with Crippen LogP contribution in [0, 0.1) is 0 Å². The number of sulfone groups is 1. The Labute approximate surface area is 143 Å². The molecule has 112 valence electrons. The molecule has 0 fully saturated rings. The summed E-state index contributed by atoms with van der Waals surface area (Å²) >= 11 is 23.8. The number of hydrogen-bond donors (Lipinski definition) is 0. The van der Waals surface area contributed by atoms with Gasteiger partial charge in [-0.1, -0.05) is 58.5 Å². The molecule has 0 aromatic heterocycles. The Morgan fingerprint density at radius 3 is 2.00 bits per heavy atom. The van der Waals surface area contributed by atoms with Crippen LogP contribution in [0.3, 0.4) is 0 Å². The summed E-state index contributed by atoms with van der Waals surface area (Å²) in [4.78, 5) is 0. The molecule has 0 atom stereocenters. The van der Waals surface area contributed by atoms with Crippen molar-refractivity contribution >= 4 is 56.2 Å². The lowest BCUT2D eigenvalue weighted by Gasteiger charge is -2.09. The average molecular weight is 384 g/mol. The summed E-state index contributed by atoms with van der Waals surface area (Å²) in [5, 5.41) is 1.42. The first-order valence-electron chi connectivity index (χ1n) is 5.86.